The van der Waals surface area contributed by atoms with Crippen LogP contribution >= 0.6 is 0 Å². The Morgan fingerprint density at radius 2 is 1.89 bits per heavy atom. The van der Waals surface area contributed by atoms with Gasteiger partial charge in [0.05, 0.1) is 29.0 Å². The summed E-state index contributed by atoms with van der Waals surface area (Å²) in [5, 5.41) is 5.87. The Kier molecular flexibility index (Phi) is 5.84. The Labute approximate surface area is 214 Å². The van der Waals surface area contributed by atoms with E-state index in [-0.39, 0.29) is 43.2 Å². The number of ether oxygens (including phenoxy) is 1. The van der Waals surface area contributed by atoms with Crippen molar-refractivity contribution in [1.82, 2.24) is 14.8 Å². The molecule has 204 valence electrons. The van der Waals surface area contributed by atoms with Gasteiger partial charge in [-0.25, -0.2) is 22.0 Å². The summed E-state index contributed by atoms with van der Waals surface area (Å²) in [7, 11) is 2.02. The molecule has 1 aromatic heterocycles. The average Bonchev–Trinajstić information content (AvgIpc) is 3.22. The summed E-state index contributed by atoms with van der Waals surface area (Å²) < 4.78 is 74.4. The van der Waals surface area contributed by atoms with Gasteiger partial charge in [0.25, 0.3) is 24.3 Å². The largest absolute Gasteiger partial charge is 0.381 e. The van der Waals surface area contributed by atoms with E-state index in [4.69, 9.17) is 4.74 Å². The number of benzene rings is 1. The van der Waals surface area contributed by atoms with Gasteiger partial charge in [-0.15, -0.1) is 0 Å². The number of amides is 1. The molecule has 7 nitrogen and oxygen atoms in total. The highest BCUT2D eigenvalue weighted by atomic mass is 19.3. The molecule has 1 unspecified atom stereocenters. The topological polar surface area (TPSA) is 75.6 Å². The van der Waals surface area contributed by atoms with Crippen LogP contribution in [0.2, 0.25) is 0 Å². The number of hydrogen-bond acceptors (Lipinski definition) is 5. The number of carbonyl (C=O) groups excluding carboxylic acids is 1. The molecule has 0 spiro atoms. The number of anilines is 1. The molecular formula is C26H27F5N4O3. The fourth-order valence-corrected chi connectivity index (χ4v) is 6.51. The van der Waals surface area contributed by atoms with Crippen molar-refractivity contribution in [3.63, 3.8) is 0 Å². The Balaban J connectivity index is 1.28. The van der Waals surface area contributed by atoms with Crippen molar-refractivity contribution in [3.05, 3.63) is 63.3 Å². The number of alkyl halides is 4. The second-order valence-electron chi connectivity index (χ2n) is 11.1. The number of nitrogens with one attached hydrogen (secondary N) is 2. The van der Waals surface area contributed by atoms with Crippen LogP contribution in [0, 0.1) is 17.7 Å². The first-order valence-electron chi connectivity index (χ1n) is 12.5. The van der Waals surface area contributed by atoms with Crippen LogP contribution in [0.3, 0.4) is 0 Å². The normalized spacial score (nSPS) is 31.4. The second-order valence-corrected chi connectivity index (χ2v) is 11.1. The smallest absolute Gasteiger partial charge is 0.267 e. The molecule has 5 fully saturated rings. The summed E-state index contributed by atoms with van der Waals surface area (Å²) in [6.45, 7) is 1.34. The summed E-state index contributed by atoms with van der Waals surface area (Å²) in [6, 6.07) is 4.94. The molecule has 2 saturated carbocycles. The second kappa shape index (κ2) is 8.77. The van der Waals surface area contributed by atoms with Crippen LogP contribution in [0.4, 0.5) is 27.6 Å². The van der Waals surface area contributed by atoms with E-state index in [0.29, 0.717) is 17.5 Å². The molecule has 2 bridgehead atoms. The lowest BCUT2D eigenvalue weighted by atomic mass is 9.68. The van der Waals surface area contributed by atoms with Crippen molar-refractivity contribution in [3.8, 4) is 0 Å². The predicted octanol–water partition coefficient (Wildman–Crippen LogP) is 3.35. The first kappa shape index (κ1) is 25.3. The maximum atomic E-state index is 14.5. The van der Waals surface area contributed by atoms with E-state index in [2.05, 4.69) is 15.5 Å². The number of halogens is 5. The Morgan fingerprint density at radius 3 is 2.53 bits per heavy atom. The zero-order valence-corrected chi connectivity index (χ0v) is 20.5. The number of pyridine rings is 1. The lowest BCUT2D eigenvalue weighted by Gasteiger charge is -2.44. The van der Waals surface area contributed by atoms with Crippen LogP contribution in [0.1, 0.15) is 40.8 Å². The number of likely N-dealkylation sites (tertiary alicyclic amines) is 1. The average molecular weight is 539 g/mol. The number of rotatable bonds is 8. The fourth-order valence-electron chi connectivity index (χ4n) is 6.51. The molecule has 12 heteroatoms. The van der Waals surface area contributed by atoms with Crippen molar-refractivity contribution < 1.29 is 31.5 Å². The molecule has 3 atom stereocenters. The highest BCUT2D eigenvalue weighted by Crippen LogP contribution is 2.58. The summed E-state index contributed by atoms with van der Waals surface area (Å²) >= 11 is 0. The van der Waals surface area contributed by atoms with Crippen molar-refractivity contribution in [2.24, 2.45) is 11.8 Å². The predicted molar refractivity (Wildman–Crippen MR) is 127 cm³/mol. The van der Waals surface area contributed by atoms with Gasteiger partial charge in [0.1, 0.15) is 11.4 Å². The third-order valence-corrected chi connectivity index (χ3v) is 8.57. The third-order valence-electron chi connectivity index (χ3n) is 8.57. The van der Waals surface area contributed by atoms with Crippen LogP contribution in [0.25, 0.3) is 0 Å². The van der Waals surface area contributed by atoms with Gasteiger partial charge in [0, 0.05) is 56.3 Å². The van der Waals surface area contributed by atoms with Crippen molar-refractivity contribution in [2.75, 3.05) is 32.1 Å². The minimum atomic E-state index is -3.00. The van der Waals surface area contributed by atoms with Crippen molar-refractivity contribution >= 4 is 11.6 Å². The molecule has 7 rings (SSSR count). The van der Waals surface area contributed by atoms with Gasteiger partial charge >= 0.3 is 0 Å². The van der Waals surface area contributed by atoms with E-state index < -0.39 is 46.8 Å². The number of nitrogens with zero attached hydrogens (tertiary/aromatic N) is 2. The standard InChI is InChI=1S/C26H27F5N4O3/c1-34-7-15-16(8-34)21(15)33-18-5-19(36)35(25-10-26(11-25,24(30)31)38-12-25)9-17(18)23(37)32-6-13-3-2-4-14(20(13)27)22(28)29/h2-5,9,15-16,21-22,24,33H,6-8,10-12H2,1H3,(H,32,37)/t15-,16+,21?,25?,26?. The van der Waals surface area contributed by atoms with Crippen LogP contribution in [0.5, 0.6) is 0 Å². The molecule has 0 radical (unpaired) electrons. The monoisotopic (exact) mass is 538 g/mol. The highest BCUT2D eigenvalue weighted by Gasteiger charge is 2.68. The maximum absolute atomic E-state index is 14.5. The molecule has 38 heavy (non-hydrogen) atoms. The lowest BCUT2D eigenvalue weighted by Crippen LogP contribution is -2.57. The first-order chi connectivity index (χ1) is 18.0. The molecule has 1 amide bonds. The van der Waals surface area contributed by atoms with Gasteiger partial charge in [-0.3, -0.25) is 9.59 Å². The van der Waals surface area contributed by atoms with Gasteiger partial charge < -0.3 is 24.8 Å². The number of piperidine rings is 1. The molecule has 5 aliphatic rings. The first-order valence-corrected chi connectivity index (χ1v) is 12.5. The highest BCUT2D eigenvalue weighted by molar-refractivity contribution is 5.99. The number of hydrogen-bond donors (Lipinski definition) is 2. The molecule has 1 aromatic carbocycles. The minimum Gasteiger partial charge on any atom is -0.381 e. The van der Waals surface area contributed by atoms with E-state index in [1.54, 1.807) is 0 Å². The van der Waals surface area contributed by atoms with E-state index in [9.17, 15) is 31.5 Å². The molecule has 3 aliphatic heterocycles. The van der Waals surface area contributed by atoms with Gasteiger partial charge in [-0.1, -0.05) is 18.2 Å². The summed E-state index contributed by atoms with van der Waals surface area (Å²) in [5.74, 6) is -0.990. The number of aromatic nitrogens is 1. The fraction of sp³-hybridized carbons (Fsp3) is 0.538. The van der Waals surface area contributed by atoms with Gasteiger partial charge in [-0.05, 0) is 18.9 Å². The minimum absolute atomic E-state index is 0.0455. The Hall–Kier alpha value is -2.99. The number of fused-ring (bicyclic) bond motifs is 2. The Bertz CT molecular complexity index is 1330. The van der Waals surface area contributed by atoms with Crippen molar-refractivity contribution in [1.29, 1.82) is 0 Å². The quantitative estimate of drug-likeness (QED) is 0.505. The zero-order valence-electron chi connectivity index (χ0n) is 20.5. The molecule has 3 saturated heterocycles. The van der Waals surface area contributed by atoms with E-state index >= 15 is 0 Å². The van der Waals surface area contributed by atoms with Crippen LogP contribution in [0.15, 0.2) is 35.3 Å². The lowest BCUT2D eigenvalue weighted by molar-refractivity contribution is -0.127. The van der Waals surface area contributed by atoms with Gasteiger partial charge in [0.2, 0.25) is 0 Å². The van der Waals surface area contributed by atoms with Gasteiger partial charge in [-0.2, -0.15) is 0 Å². The van der Waals surface area contributed by atoms with Crippen molar-refractivity contribution in [2.45, 2.75) is 49.4 Å². The number of carbonyl (C=O) groups is 1. The molecule has 2 aliphatic carbocycles. The zero-order chi connectivity index (χ0) is 27.0. The Morgan fingerprint density at radius 1 is 1.18 bits per heavy atom. The summed E-state index contributed by atoms with van der Waals surface area (Å²) in [4.78, 5) is 28.7. The molecular weight excluding hydrogens is 511 g/mol. The summed E-state index contributed by atoms with van der Waals surface area (Å²) in [5.41, 5.74) is -3.49. The molecule has 2 aromatic rings. The van der Waals surface area contributed by atoms with Crippen LogP contribution < -0.4 is 16.2 Å². The molecule has 2 N–H and O–H groups in total. The van der Waals surface area contributed by atoms with Crippen LogP contribution in [-0.4, -0.2) is 60.2 Å². The van der Waals surface area contributed by atoms with E-state index in [1.165, 1.54) is 29.0 Å². The van der Waals surface area contributed by atoms with Gasteiger partial charge in [0.15, 0.2) is 0 Å². The third kappa shape index (κ3) is 3.91. The van der Waals surface area contributed by atoms with E-state index in [0.717, 1.165) is 19.2 Å². The van der Waals surface area contributed by atoms with Crippen LogP contribution in [-0.2, 0) is 16.8 Å². The molecule has 4 heterocycles. The van der Waals surface area contributed by atoms with E-state index in [1.807, 2.05) is 7.05 Å². The summed E-state index contributed by atoms with van der Waals surface area (Å²) in [6.07, 6.45) is -4.44. The SMILES string of the molecule is CN1C[C@@H]2C(Nc3cc(=O)n(C45COC(C(F)F)(C4)C5)cc3C(=O)NCc3cccc(C(F)F)c3F)[C@@H]2C1. The maximum Gasteiger partial charge on any atom is 0.267 e.